The van der Waals surface area contributed by atoms with Crippen LogP contribution in [0.2, 0.25) is 0 Å². The number of rotatable bonds is 2. The van der Waals surface area contributed by atoms with Crippen LogP contribution < -0.4 is 5.32 Å². The highest BCUT2D eigenvalue weighted by Crippen LogP contribution is 2.08. The molecule has 0 radical (unpaired) electrons. The summed E-state index contributed by atoms with van der Waals surface area (Å²) in [7, 11) is 0. The van der Waals surface area contributed by atoms with Crippen molar-refractivity contribution in [3.63, 3.8) is 0 Å². The van der Waals surface area contributed by atoms with Crippen molar-refractivity contribution in [3.8, 4) is 0 Å². The standard InChI is InChI=1S/C9H17NO2S/c1-6(7(2)13)10-8(11)12-9(3,4)5/h6,13H,2H2,1,3-5H3,(H,10,11)/t6-/m1/s1. The third kappa shape index (κ3) is 6.51. The molecule has 0 aliphatic heterocycles. The average Bonchev–Trinajstić information content (AvgIpc) is 1.81. The monoisotopic (exact) mass is 203 g/mol. The first-order chi connectivity index (χ1) is 5.72. The fourth-order valence-electron chi connectivity index (χ4n) is 0.568. The molecule has 0 aliphatic rings. The first-order valence-corrected chi connectivity index (χ1v) is 4.54. The fourth-order valence-corrected chi connectivity index (χ4v) is 0.632. The summed E-state index contributed by atoms with van der Waals surface area (Å²) < 4.78 is 5.03. The van der Waals surface area contributed by atoms with E-state index in [1.165, 1.54) is 0 Å². The third-order valence-electron chi connectivity index (χ3n) is 1.23. The summed E-state index contributed by atoms with van der Waals surface area (Å²) in [5.41, 5.74) is -0.471. The normalized spacial score (nSPS) is 13.3. The molecule has 1 N–H and O–H groups in total. The number of ether oxygens (including phenoxy) is 1. The number of thiol groups is 1. The lowest BCUT2D eigenvalue weighted by atomic mass is 10.2. The maximum Gasteiger partial charge on any atom is 0.408 e. The third-order valence-corrected chi connectivity index (χ3v) is 1.62. The second kappa shape index (κ2) is 4.56. The van der Waals surface area contributed by atoms with Gasteiger partial charge in [0.15, 0.2) is 0 Å². The number of carbonyl (C=O) groups excluding carboxylic acids is 1. The summed E-state index contributed by atoms with van der Waals surface area (Å²) in [5.74, 6) is 0. The molecule has 0 rings (SSSR count). The van der Waals surface area contributed by atoms with Crippen molar-refractivity contribution in [1.29, 1.82) is 0 Å². The smallest absolute Gasteiger partial charge is 0.408 e. The van der Waals surface area contributed by atoms with Crippen LogP contribution in [0, 0.1) is 0 Å². The summed E-state index contributed by atoms with van der Waals surface area (Å²) in [5, 5.41) is 2.60. The number of amides is 1. The molecule has 0 aromatic heterocycles. The minimum absolute atomic E-state index is 0.182. The molecule has 3 nitrogen and oxygen atoms in total. The van der Waals surface area contributed by atoms with Crippen LogP contribution >= 0.6 is 12.6 Å². The van der Waals surface area contributed by atoms with E-state index in [0.29, 0.717) is 4.91 Å². The van der Waals surface area contributed by atoms with Gasteiger partial charge in [0.05, 0.1) is 6.04 Å². The van der Waals surface area contributed by atoms with Crippen LogP contribution in [0.15, 0.2) is 11.5 Å². The Bertz CT molecular complexity index is 208. The van der Waals surface area contributed by atoms with E-state index >= 15 is 0 Å². The maximum absolute atomic E-state index is 11.2. The Hall–Kier alpha value is -0.640. The van der Waals surface area contributed by atoms with Crippen LogP contribution in [0.3, 0.4) is 0 Å². The van der Waals surface area contributed by atoms with Gasteiger partial charge >= 0.3 is 6.09 Å². The lowest BCUT2D eigenvalue weighted by Gasteiger charge is -2.21. The van der Waals surface area contributed by atoms with Crippen molar-refractivity contribution in [2.24, 2.45) is 0 Å². The Morgan fingerprint density at radius 3 is 2.31 bits per heavy atom. The molecule has 0 spiro atoms. The van der Waals surface area contributed by atoms with Crippen molar-refractivity contribution >= 4 is 18.7 Å². The highest BCUT2D eigenvalue weighted by Gasteiger charge is 2.17. The molecule has 1 amide bonds. The molecule has 76 valence electrons. The second-order valence-corrected chi connectivity index (χ2v) is 4.43. The maximum atomic E-state index is 11.2. The van der Waals surface area contributed by atoms with E-state index in [4.69, 9.17) is 4.74 Å². The predicted octanol–water partition coefficient (Wildman–Crippen LogP) is 2.34. The lowest BCUT2D eigenvalue weighted by Crippen LogP contribution is -2.37. The molecule has 1 atom stereocenters. The van der Waals surface area contributed by atoms with Crippen molar-refractivity contribution in [1.82, 2.24) is 5.32 Å². The Morgan fingerprint density at radius 1 is 1.54 bits per heavy atom. The molecule has 0 aliphatic carbocycles. The minimum Gasteiger partial charge on any atom is -0.444 e. The van der Waals surface area contributed by atoms with E-state index < -0.39 is 11.7 Å². The van der Waals surface area contributed by atoms with Gasteiger partial charge in [-0.2, -0.15) is 0 Å². The summed E-state index contributed by atoms with van der Waals surface area (Å²) >= 11 is 4.01. The zero-order chi connectivity index (χ0) is 10.6. The van der Waals surface area contributed by atoms with Gasteiger partial charge < -0.3 is 10.1 Å². The molecule has 4 heteroatoms. The Morgan fingerprint density at radius 2 is 2.00 bits per heavy atom. The van der Waals surface area contributed by atoms with Crippen LogP contribution in [-0.4, -0.2) is 17.7 Å². The Kier molecular flexibility index (Phi) is 4.33. The van der Waals surface area contributed by atoms with Crippen LogP contribution in [0.25, 0.3) is 0 Å². The van der Waals surface area contributed by atoms with E-state index in [0.717, 1.165) is 0 Å². The minimum atomic E-state index is -0.471. The molecule has 0 aromatic rings. The fraction of sp³-hybridized carbons (Fsp3) is 0.667. The molecular formula is C9H17NO2S. The number of hydrogen-bond acceptors (Lipinski definition) is 3. The van der Waals surface area contributed by atoms with Crippen molar-refractivity contribution in [2.45, 2.75) is 39.3 Å². The van der Waals surface area contributed by atoms with Crippen molar-refractivity contribution in [2.75, 3.05) is 0 Å². The van der Waals surface area contributed by atoms with Crippen molar-refractivity contribution < 1.29 is 9.53 Å². The number of nitrogens with one attached hydrogen (secondary N) is 1. The first-order valence-electron chi connectivity index (χ1n) is 4.09. The molecule has 0 bridgehead atoms. The highest BCUT2D eigenvalue weighted by molar-refractivity contribution is 7.84. The van der Waals surface area contributed by atoms with Gasteiger partial charge in [-0.3, -0.25) is 0 Å². The zero-order valence-electron chi connectivity index (χ0n) is 8.55. The van der Waals surface area contributed by atoms with Crippen LogP contribution in [0.1, 0.15) is 27.7 Å². The molecule has 0 unspecified atom stereocenters. The van der Waals surface area contributed by atoms with Gasteiger partial charge in [0.1, 0.15) is 5.60 Å². The van der Waals surface area contributed by atoms with Crippen LogP contribution in [-0.2, 0) is 4.74 Å². The van der Waals surface area contributed by atoms with E-state index in [2.05, 4.69) is 24.5 Å². The summed E-state index contributed by atoms with van der Waals surface area (Å²) in [6, 6.07) is -0.182. The SMILES string of the molecule is C=C(S)[C@@H](C)NC(=O)OC(C)(C)C. The molecule has 0 fully saturated rings. The summed E-state index contributed by atoms with van der Waals surface area (Å²) in [6.07, 6.45) is -0.449. The molecule has 0 saturated heterocycles. The van der Waals surface area contributed by atoms with Crippen molar-refractivity contribution in [3.05, 3.63) is 11.5 Å². The van der Waals surface area contributed by atoms with Gasteiger partial charge in [0.2, 0.25) is 0 Å². The quantitative estimate of drug-likeness (QED) is 0.676. The Balaban J connectivity index is 3.96. The number of carbonyl (C=O) groups is 1. The van der Waals surface area contributed by atoms with Gasteiger partial charge in [-0.1, -0.05) is 6.58 Å². The van der Waals surface area contributed by atoms with E-state index in [1.54, 1.807) is 6.92 Å². The summed E-state index contributed by atoms with van der Waals surface area (Å²) in [4.78, 5) is 11.8. The predicted molar refractivity (Wildman–Crippen MR) is 57.0 cm³/mol. The summed E-state index contributed by atoms with van der Waals surface area (Å²) in [6.45, 7) is 10.8. The molecule has 0 saturated carbocycles. The van der Waals surface area contributed by atoms with Gasteiger partial charge in [0.25, 0.3) is 0 Å². The van der Waals surface area contributed by atoms with E-state index in [-0.39, 0.29) is 6.04 Å². The van der Waals surface area contributed by atoms with E-state index in [1.807, 2.05) is 20.8 Å². The Labute approximate surface area is 84.9 Å². The average molecular weight is 203 g/mol. The molecule has 0 heterocycles. The zero-order valence-corrected chi connectivity index (χ0v) is 9.44. The number of alkyl carbamates (subject to hydrolysis) is 1. The van der Waals surface area contributed by atoms with E-state index in [9.17, 15) is 4.79 Å². The topological polar surface area (TPSA) is 38.3 Å². The molecule has 13 heavy (non-hydrogen) atoms. The highest BCUT2D eigenvalue weighted by atomic mass is 32.1. The molecular weight excluding hydrogens is 186 g/mol. The van der Waals surface area contributed by atoms with Gasteiger partial charge in [0, 0.05) is 0 Å². The second-order valence-electron chi connectivity index (χ2n) is 3.86. The van der Waals surface area contributed by atoms with Gasteiger partial charge in [-0.15, -0.1) is 12.6 Å². The van der Waals surface area contributed by atoms with Gasteiger partial charge in [-0.25, -0.2) is 4.79 Å². The van der Waals surface area contributed by atoms with Crippen LogP contribution in [0.5, 0.6) is 0 Å². The van der Waals surface area contributed by atoms with Crippen LogP contribution in [0.4, 0.5) is 4.79 Å². The van der Waals surface area contributed by atoms with Gasteiger partial charge in [-0.05, 0) is 32.6 Å². The molecule has 0 aromatic carbocycles. The largest absolute Gasteiger partial charge is 0.444 e. The first kappa shape index (κ1) is 12.4. The lowest BCUT2D eigenvalue weighted by molar-refractivity contribution is 0.0517. The number of hydrogen-bond donors (Lipinski definition) is 2.